The zero-order valence-electron chi connectivity index (χ0n) is 16.4. The minimum atomic E-state index is -0.225. The average Bonchev–Trinajstić information content (AvgIpc) is 3.29. The van der Waals surface area contributed by atoms with E-state index in [-0.39, 0.29) is 5.82 Å². The van der Waals surface area contributed by atoms with Crippen LogP contribution >= 0.6 is 0 Å². The third-order valence-electron chi connectivity index (χ3n) is 5.29. The van der Waals surface area contributed by atoms with Crippen LogP contribution in [0.15, 0.2) is 77.9 Å². The van der Waals surface area contributed by atoms with Crippen LogP contribution in [0.2, 0.25) is 0 Å². The lowest BCUT2D eigenvalue weighted by Crippen LogP contribution is -2.02. The Morgan fingerprint density at radius 1 is 1.03 bits per heavy atom. The number of benzene rings is 3. The molecule has 0 bridgehead atoms. The van der Waals surface area contributed by atoms with E-state index in [0.717, 1.165) is 38.8 Å². The minimum absolute atomic E-state index is 0.225. The van der Waals surface area contributed by atoms with Gasteiger partial charge in [-0.25, -0.2) is 14.8 Å². The van der Waals surface area contributed by atoms with Gasteiger partial charge in [-0.1, -0.05) is 42.5 Å². The number of nitrogens with zero attached hydrogens (tertiary/aromatic N) is 3. The molecule has 0 aliphatic rings. The first-order chi connectivity index (χ1) is 14.7. The summed E-state index contributed by atoms with van der Waals surface area (Å²) >= 11 is 0. The lowest BCUT2D eigenvalue weighted by molar-refractivity contribution is 0.626. The van der Waals surface area contributed by atoms with Gasteiger partial charge in [0.2, 0.25) is 5.95 Å². The molecule has 30 heavy (non-hydrogen) atoms. The molecule has 0 aliphatic carbocycles. The van der Waals surface area contributed by atoms with Gasteiger partial charge in [-0.3, -0.25) is 0 Å². The summed E-state index contributed by atoms with van der Waals surface area (Å²) in [6.07, 6.45) is 1.83. The number of fused-ring (bicyclic) bond motifs is 2. The molecule has 0 fully saturated rings. The van der Waals surface area contributed by atoms with Gasteiger partial charge >= 0.3 is 0 Å². The van der Waals surface area contributed by atoms with Gasteiger partial charge in [0.05, 0.1) is 17.2 Å². The van der Waals surface area contributed by atoms with Crippen molar-refractivity contribution < 1.29 is 4.39 Å². The third-order valence-corrected chi connectivity index (χ3v) is 5.29. The first kappa shape index (κ1) is 18.1. The van der Waals surface area contributed by atoms with Crippen LogP contribution in [0.1, 0.15) is 16.8 Å². The fourth-order valence-electron chi connectivity index (χ4n) is 3.76. The Labute approximate surface area is 172 Å². The summed E-state index contributed by atoms with van der Waals surface area (Å²) in [6, 6.07) is 22.7. The summed E-state index contributed by atoms with van der Waals surface area (Å²) in [7, 11) is 0. The number of hydrazone groups is 1. The van der Waals surface area contributed by atoms with Gasteiger partial charge in [0.1, 0.15) is 5.82 Å². The molecule has 0 saturated carbocycles. The number of halogens is 1. The second-order valence-electron chi connectivity index (χ2n) is 7.20. The van der Waals surface area contributed by atoms with Gasteiger partial charge in [-0.05, 0) is 42.8 Å². The van der Waals surface area contributed by atoms with Crippen LogP contribution in [-0.4, -0.2) is 20.7 Å². The topological polar surface area (TPSA) is 58.0 Å². The Balaban J connectivity index is 1.47. The monoisotopic (exact) mass is 397 g/mol. The van der Waals surface area contributed by atoms with E-state index in [4.69, 9.17) is 0 Å². The molecule has 148 valence electrons. The van der Waals surface area contributed by atoms with Crippen molar-refractivity contribution in [1.82, 2.24) is 14.5 Å². The number of nitrogens with one attached hydrogen (secondary N) is 2. The van der Waals surface area contributed by atoms with Crippen molar-refractivity contribution in [3.05, 3.63) is 95.4 Å². The van der Waals surface area contributed by atoms with E-state index < -0.39 is 0 Å². The predicted molar refractivity (Wildman–Crippen MR) is 119 cm³/mol. The number of anilines is 1. The summed E-state index contributed by atoms with van der Waals surface area (Å²) in [5.41, 5.74) is 9.14. The molecule has 0 amide bonds. The summed E-state index contributed by atoms with van der Waals surface area (Å²) < 4.78 is 15.5. The maximum absolute atomic E-state index is 13.3. The van der Waals surface area contributed by atoms with Gasteiger partial charge < -0.3 is 9.55 Å². The Morgan fingerprint density at radius 3 is 2.63 bits per heavy atom. The molecule has 5 aromatic rings. The van der Waals surface area contributed by atoms with Crippen molar-refractivity contribution in [1.29, 1.82) is 0 Å². The normalized spacial score (nSPS) is 11.7. The summed E-state index contributed by atoms with van der Waals surface area (Å²) in [4.78, 5) is 7.68. The molecular weight excluding hydrogens is 377 g/mol. The molecule has 6 heteroatoms. The molecule has 5 nitrogen and oxygen atoms in total. The highest BCUT2D eigenvalue weighted by atomic mass is 19.1. The van der Waals surface area contributed by atoms with Gasteiger partial charge in [0.15, 0.2) is 0 Å². The number of hydrogen-bond donors (Lipinski definition) is 2. The Morgan fingerprint density at radius 2 is 1.80 bits per heavy atom. The fourth-order valence-corrected chi connectivity index (χ4v) is 3.76. The number of aromatic amines is 1. The molecule has 0 spiro atoms. The SMILES string of the molecule is Cc1c(/C=N\Nc2nc3ccccc3[nH]2)c2ccccc2n1Cc1ccc(F)cc1. The van der Waals surface area contributed by atoms with E-state index in [9.17, 15) is 4.39 Å². The molecule has 2 N–H and O–H groups in total. The first-order valence-corrected chi connectivity index (χ1v) is 9.75. The quantitative estimate of drug-likeness (QED) is 0.306. The van der Waals surface area contributed by atoms with Crippen LogP contribution in [0, 0.1) is 12.7 Å². The highest BCUT2D eigenvalue weighted by Crippen LogP contribution is 2.26. The third kappa shape index (κ3) is 3.33. The molecule has 0 radical (unpaired) electrons. The molecule has 0 unspecified atom stereocenters. The summed E-state index contributed by atoms with van der Waals surface area (Å²) in [5, 5.41) is 5.54. The zero-order valence-corrected chi connectivity index (χ0v) is 16.4. The number of imidazole rings is 1. The van der Waals surface area contributed by atoms with E-state index in [1.165, 1.54) is 12.1 Å². The van der Waals surface area contributed by atoms with Crippen molar-refractivity contribution in [2.24, 2.45) is 5.10 Å². The van der Waals surface area contributed by atoms with Crippen molar-refractivity contribution in [2.45, 2.75) is 13.5 Å². The van der Waals surface area contributed by atoms with E-state index in [1.807, 2.05) is 54.7 Å². The Hall–Kier alpha value is -3.93. The van der Waals surface area contributed by atoms with E-state index in [1.54, 1.807) is 0 Å². The van der Waals surface area contributed by atoms with Crippen LogP contribution in [0.5, 0.6) is 0 Å². The number of hydrogen-bond acceptors (Lipinski definition) is 3. The van der Waals surface area contributed by atoms with Crippen LogP contribution < -0.4 is 5.43 Å². The maximum atomic E-state index is 13.3. The van der Waals surface area contributed by atoms with Gasteiger partial charge in [0.25, 0.3) is 0 Å². The van der Waals surface area contributed by atoms with Crippen molar-refractivity contribution in [2.75, 3.05) is 5.43 Å². The highest BCUT2D eigenvalue weighted by Gasteiger charge is 2.13. The van der Waals surface area contributed by atoms with Gasteiger partial charge in [0, 0.05) is 28.7 Å². The Bertz CT molecular complexity index is 1330. The second-order valence-corrected chi connectivity index (χ2v) is 7.20. The Kier molecular flexibility index (Phi) is 4.52. The fraction of sp³-hybridized carbons (Fsp3) is 0.0833. The standard InChI is InChI=1S/C24H20FN5/c1-16-20(14-26-29-24-27-21-7-3-4-8-22(21)28-24)19-6-2-5-9-23(19)30(16)15-17-10-12-18(25)13-11-17/h2-14H,15H2,1H3,(H2,27,28,29)/b26-14-. The zero-order chi connectivity index (χ0) is 20.5. The largest absolute Gasteiger partial charge is 0.340 e. The van der Waals surface area contributed by atoms with E-state index in [0.29, 0.717) is 12.5 Å². The number of rotatable bonds is 5. The average molecular weight is 397 g/mol. The van der Waals surface area contributed by atoms with Gasteiger partial charge in [-0.2, -0.15) is 5.10 Å². The molecule has 0 saturated heterocycles. The van der Waals surface area contributed by atoms with E-state index in [2.05, 4.69) is 44.1 Å². The predicted octanol–water partition coefficient (Wildman–Crippen LogP) is 5.46. The van der Waals surface area contributed by atoms with Crippen LogP contribution in [-0.2, 0) is 6.54 Å². The number of para-hydroxylation sites is 3. The first-order valence-electron chi connectivity index (χ1n) is 9.75. The minimum Gasteiger partial charge on any atom is -0.340 e. The van der Waals surface area contributed by atoms with Crippen molar-refractivity contribution in [3.8, 4) is 0 Å². The molecule has 5 rings (SSSR count). The second kappa shape index (κ2) is 7.48. The number of aromatic nitrogens is 3. The van der Waals surface area contributed by atoms with Crippen LogP contribution in [0.3, 0.4) is 0 Å². The molecular formula is C24H20FN5. The summed E-state index contributed by atoms with van der Waals surface area (Å²) in [6.45, 7) is 2.74. The van der Waals surface area contributed by atoms with Crippen LogP contribution in [0.4, 0.5) is 10.3 Å². The molecule has 3 aromatic carbocycles. The summed E-state index contributed by atoms with van der Waals surface area (Å²) in [5.74, 6) is 0.373. The maximum Gasteiger partial charge on any atom is 0.222 e. The molecule has 0 aliphatic heterocycles. The molecule has 0 atom stereocenters. The van der Waals surface area contributed by atoms with Crippen LogP contribution in [0.25, 0.3) is 21.9 Å². The van der Waals surface area contributed by atoms with Crippen molar-refractivity contribution in [3.63, 3.8) is 0 Å². The lowest BCUT2D eigenvalue weighted by Gasteiger charge is -2.08. The molecule has 2 heterocycles. The van der Waals surface area contributed by atoms with Gasteiger partial charge in [-0.15, -0.1) is 0 Å². The van der Waals surface area contributed by atoms with Crippen molar-refractivity contribution >= 4 is 34.1 Å². The highest BCUT2D eigenvalue weighted by molar-refractivity contribution is 6.01. The number of H-pyrrole nitrogens is 1. The molecule has 2 aromatic heterocycles. The smallest absolute Gasteiger partial charge is 0.222 e. The van der Waals surface area contributed by atoms with E-state index >= 15 is 0 Å². The lowest BCUT2D eigenvalue weighted by atomic mass is 10.1.